The number of carbonyl (C=O) groups is 2. The lowest BCUT2D eigenvalue weighted by Crippen LogP contribution is -2.19. The van der Waals surface area contributed by atoms with Gasteiger partial charge >= 0.3 is 5.97 Å². The van der Waals surface area contributed by atoms with E-state index in [1.165, 1.54) is 11.1 Å². The minimum atomic E-state index is -0.186. The van der Waals surface area contributed by atoms with E-state index in [-0.39, 0.29) is 17.8 Å². The molecule has 0 fully saturated rings. The number of carbonyl (C=O) groups excluding carboxylic acids is 2. The van der Waals surface area contributed by atoms with Crippen molar-refractivity contribution in [2.45, 2.75) is 39.0 Å². The minimum absolute atomic E-state index is 0.140. The number of pyridine rings is 1. The number of anilines is 1. The van der Waals surface area contributed by atoms with Crippen LogP contribution >= 0.6 is 0 Å². The molecule has 2 aromatic carbocycles. The lowest BCUT2D eigenvalue weighted by atomic mass is 9.82. The Bertz CT molecular complexity index is 1220. The van der Waals surface area contributed by atoms with E-state index < -0.39 is 0 Å². The summed E-state index contributed by atoms with van der Waals surface area (Å²) < 4.78 is 5.11. The summed E-state index contributed by atoms with van der Waals surface area (Å²) in [5.41, 5.74) is 11.8. The zero-order valence-electron chi connectivity index (χ0n) is 20.6. The number of fused-ring (bicyclic) bond motifs is 1. The van der Waals surface area contributed by atoms with Gasteiger partial charge in [0.25, 0.3) is 5.91 Å². The molecule has 0 aliphatic heterocycles. The molecule has 4 rings (SSSR count). The number of benzene rings is 2. The van der Waals surface area contributed by atoms with Gasteiger partial charge in [0.1, 0.15) is 5.84 Å². The number of rotatable bonds is 9. The summed E-state index contributed by atoms with van der Waals surface area (Å²) in [7, 11) is 0. The van der Waals surface area contributed by atoms with Crippen LogP contribution in [-0.2, 0) is 28.8 Å². The first-order valence-corrected chi connectivity index (χ1v) is 12.4. The van der Waals surface area contributed by atoms with Crippen LogP contribution in [0.5, 0.6) is 0 Å². The summed E-state index contributed by atoms with van der Waals surface area (Å²) in [6.07, 6.45) is 7.46. The minimum Gasteiger partial charge on any atom is -0.466 e. The number of ether oxygens (including phenoxy) is 1. The van der Waals surface area contributed by atoms with Gasteiger partial charge in [-0.25, -0.2) is 0 Å². The maximum Gasteiger partial charge on any atom is 0.306 e. The van der Waals surface area contributed by atoms with Gasteiger partial charge in [0, 0.05) is 42.2 Å². The van der Waals surface area contributed by atoms with Crippen LogP contribution in [0.1, 0.15) is 52.4 Å². The molecule has 36 heavy (non-hydrogen) atoms. The van der Waals surface area contributed by atoms with Gasteiger partial charge in [-0.3, -0.25) is 19.6 Å². The molecule has 1 amide bonds. The van der Waals surface area contributed by atoms with Crippen molar-refractivity contribution in [3.63, 3.8) is 0 Å². The highest BCUT2D eigenvalue weighted by atomic mass is 16.5. The highest BCUT2D eigenvalue weighted by molar-refractivity contribution is 6.05. The van der Waals surface area contributed by atoms with Crippen LogP contribution in [0.15, 0.2) is 72.0 Å². The Balaban J connectivity index is 1.34. The number of hydrogen-bond donors (Lipinski definition) is 2. The summed E-state index contributed by atoms with van der Waals surface area (Å²) in [6.45, 7) is 2.81. The molecular formula is C29H32N4O3. The van der Waals surface area contributed by atoms with E-state index in [0.717, 1.165) is 42.5 Å². The maximum atomic E-state index is 12.8. The topological polar surface area (TPSA) is 107 Å². The van der Waals surface area contributed by atoms with Gasteiger partial charge in [0.2, 0.25) is 0 Å². The third-order valence-corrected chi connectivity index (χ3v) is 6.43. The molecular weight excluding hydrogens is 452 g/mol. The quantitative estimate of drug-likeness (QED) is 0.267. The van der Waals surface area contributed by atoms with Crippen LogP contribution in [0.25, 0.3) is 0 Å². The Hall–Kier alpha value is -4.00. The molecule has 7 heteroatoms. The van der Waals surface area contributed by atoms with Crippen LogP contribution in [0.2, 0.25) is 0 Å². The second-order valence-corrected chi connectivity index (χ2v) is 9.01. The maximum absolute atomic E-state index is 12.8. The van der Waals surface area contributed by atoms with Gasteiger partial charge in [-0.2, -0.15) is 0 Å². The number of nitrogens with zero attached hydrogens (tertiary/aromatic N) is 2. The number of aromatic nitrogens is 1. The predicted octanol–water partition coefficient (Wildman–Crippen LogP) is 4.34. The smallest absolute Gasteiger partial charge is 0.306 e. The number of esters is 1. The third-order valence-electron chi connectivity index (χ3n) is 6.43. The van der Waals surface area contributed by atoms with Gasteiger partial charge in [-0.1, -0.05) is 18.2 Å². The Morgan fingerprint density at radius 3 is 2.56 bits per heavy atom. The first-order chi connectivity index (χ1) is 17.5. The van der Waals surface area contributed by atoms with Gasteiger partial charge in [-0.05, 0) is 91.6 Å². The molecule has 0 spiro atoms. The van der Waals surface area contributed by atoms with Crippen molar-refractivity contribution in [1.82, 2.24) is 4.98 Å². The molecule has 0 radical (unpaired) electrons. The highest BCUT2D eigenvalue weighted by Gasteiger charge is 2.22. The number of aliphatic imine (C=N–C) groups is 1. The fourth-order valence-corrected chi connectivity index (χ4v) is 4.48. The van der Waals surface area contributed by atoms with E-state index in [9.17, 15) is 9.59 Å². The van der Waals surface area contributed by atoms with Crippen molar-refractivity contribution in [3.05, 3.63) is 94.8 Å². The van der Waals surface area contributed by atoms with Crippen LogP contribution in [0, 0.1) is 5.92 Å². The zero-order chi connectivity index (χ0) is 25.3. The fraction of sp³-hybridized carbons (Fsp3) is 0.310. The van der Waals surface area contributed by atoms with Crippen molar-refractivity contribution in [1.29, 1.82) is 0 Å². The second-order valence-electron chi connectivity index (χ2n) is 9.01. The van der Waals surface area contributed by atoms with Crippen molar-refractivity contribution < 1.29 is 14.3 Å². The summed E-state index contributed by atoms with van der Waals surface area (Å²) in [5, 5.41) is 2.99. The Labute approximate surface area is 211 Å². The van der Waals surface area contributed by atoms with Crippen molar-refractivity contribution >= 4 is 23.4 Å². The van der Waals surface area contributed by atoms with Crippen LogP contribution < -0.4 is 11.1 Å². The molecule has 0 saturated heterocycles. The molecule has 1 aliphatic rings. The standard InChI is InChI=1S/C29H32N4O3/c1-2-36-27(34)18-21-3-4-22-9-10-26(19-25(22)17-21)33-29(35)24-7-5-23(6-8-24)28(30)32-16-13-20-11-14-31-15-12-20/h5-12,14-15,19,21H,2-4,13,16-18H2,1H3,(H2,30,32)(H,33,35). The van der Waals surface area contributed by atoms with Crippen molar-refractivity contribution in [2.24, 2.45) is 16.6 Å². The Kier molecular flexibility index (Phi) is 8.44. The Morgan fingerprint density at radius 2 is 1.81 bits per heavy atom. The van der Waals surface area contributed by atoms with Gasteiger partial charge in [0.05, 0.1) is 6.61 Å². The van der Waals surface area contributed by atoms with E-state index in [4.69, 9.17) is 10.5 Å². The van der Waals surface area contributed by atoms with Crippen molar-refractivity contribution in [3.8, 4) is 0 Å². The average molecular weight is 485 g/mol. The van der Waals surface area contributed by atoms with Gasteiger partial charge in [-0.15, -0.1) is 0 Å². The summed E-state index contributed by atoms with van der Waals surface area (Å²) >= 11 is 0. The normalized spacial score (nSPS) is 15.1. The van der Waals surface area contributed by atoms with Gasteiger partial charge < -0.3 is 15.8 Å². The number of aryl methyl sites for hydroxylation is 1. The summed E-state index contributed by atoms with van der Waals surface area (Å²) in [6, 6.07) is 17.1. The molecule has 1 atom stereocenters. The molecule has 1 aromatic heterocycles. The van der Waals surface area contributed by atoms with E-state index in [1.807, 2.05) is 43.3 Å². The molecule has 1 unspecified atom stereocenters. The average Bonchev–Trinajstić information content (AvgIpc) is 2.89. The van der Waals surface area contributed by atoms with Crippen LogP contribution in [0.3, 0.4) is 0 Å². The predicted molar refractivity (Wildman–Crippen MR) is 141 cm³/mol. The monoisotopic (exact) mass is 484 g/mol. The molecule has 1 heterocycles. The molecule has 3 aromatic rings. The molecule has 0 bridgehead atoms. The van der Waals surface area contributed by atoms with E-state index in [1.54, 1.807) is 24.5 Å². The summed E-state index contributed by atoms with van der Waals surface area (Å²) in [4.78, 5) is 33.2. The highest BCUT2D eigenvalue weighted by Crippen LogP contribution is 2.30. The van der Waals surface area contributed by atoms with E-state index >= 15 is 0 Å². The lowest BCUT2D eigenvalue weighted by Gasteiger charge is -2.24. The van der Waals surface area contributed by atoms with E-state index in [2.05, 4.69) is 21.4 Å². The lowest BCUT2D eigenvalue weighted by molar-refractivity contribution is -0.144. The Morgan fingerprint density at radius 1 is 1.06 bits per heavy atom. The van der Waals surface area contributed by atoms with Crippen LogP contribution in [0.4, 0.5) is 5.69 Å². The first-order valence-electron chi connectivity index (χ1n) is 12.4. The number of amidine groups is 1. The molecule has 1 aliphatic carbocycles. The second kappa shape index (κ2) is 12.1. The number of nitrogens with two attached hydrogens (primary N) is 1. The van der Waals surface area contributed by atoms with Crippen LogP contribution in [-0.4, -0.2) is 35.8 Å². The number of hydrogen-bond acceptors (Lipinski definition) is 5. The first kappa shape index (κ1) is 25.1. The van der Waals surface area contributed by atoms with Gasteiger partial charge in [0.15, 0.2) is 0 Å². The number of amides is 1. The third kappa shape index (κ3) is 6.78. The largest absolute Gasteiger partial charge is 0.466 e. The zero-order valence-corrected chi connectivity index (χ0v) is 20.6. The number of nitrogens with one attached hydrogen (secondary N) is 1. The molecule has 7 nitrogen and oxygen atoms in total. The van der Waals surface area contributed by atoms with Crippen molar-refractivity contribution in [2.75, 3.05) is 18.5 Å². The molecule has 0 saturated carbocycles. The molecule has 3 N–H and O–H groups in total. The van der Waals surface area contributed by atoms with E-state index in [0.29, 0.717) is 31.0 Å². The molecule has 186 valence electrons. The summed E-state index contributed by atoms with van der Waals surface area (Å²) in [5.74, 6) is 0.391. The fourth-order valence-electron chi connectivity index (χ4n) is 4.48. The SMILES string of the molecule is CCOC(=O)CC1CCc2ccc(NC(=O)c3ccc(C(N)=NCCc4ccncc4)cc3)cc2C1.